The van der Waals surface area contributed by atoms with Crippen molar-refractivity contribution in [2.75, 3.05) is 13.2 Å². The Morgan fingerprint density at radius 3 is 2.37 bits per heavy atom. The molecule has 6 heteroatoms. The molecule has 3 aromatic rings. The molecule has 0 fully saturated rings. The predicted octanol–water partition coefficient (Wildman–Crippen LogP) is 5.25. The van der Waals surface area contributed by atoms with Crippen LogP contribution in [0.2, 0.25) is 0 Å². The number of halogens is 1. The summed E-state index contributed by atoms with van der Waals surface area (Å²) in [6.45, 7) is 0.754. The molecule has 1 heterocycles. The number of para-hydroxylation sites is 1. The van der Waals surface area contributed by atoms with Crippen molar-refractivity contribution < 1.29 is 19.0 Å². The predicted molar refractivity (Wildman–Crippen MR) is 119 cm³/mol. The number of carbonyl (C=O) groups excluding carboxylic acids is 1. The summed E-state index contributed by atoms with van der Waals surface area (Å²) in [5.41, 5.74) is 1.73. The van der Waals surface area contributed by atoms with Crippen LogP contribution in [0.3, 0.4) is 0 Å². The quantitative estimate of drug-likeness (QED) is 0.272. The van der Waals surface area contributed by atoms with Gasteiger partial charge in [-0.25, -0.2) is 9.79 Å². The highest BCUT2D eigenvalue weighted by Gasteiger charge is 2.24. The monoisotopic (exact) mass is 463 g/mol. The molecular weight excluding hydrogens is 446 g/mol. The van der Waals surface area contributed by atoms with E-state index in [0.717, 1.165) is 21.3 Å². The van der Waals surface area contributed by atoms with E-state index >= 15 is 0 Å². The third-order valence-corrected chi connectivity index (χ3v) is 4.80. The molecule has 3 aromatic carbocycles. The van der Waals surface area contributed by atoms with Crippen molar-refractivity contribution in [1.82, 2.24) is 0 Å². The van der Waals surface area contributed by atoms with Crippen LogP contribution < -0.4 is 9.47 Å². The van der Waals surface area contributed by atoms with E-state index in [1.807, 2.05) is 78.9 Å². The zero-order chi connectivity index (χ0) is 20.8. The highest BCUT2D eigenvalue weighted by molar-refractivity contribution is 9.10. The lowest BCUT2D eigenvalue weighted by atomic mass is 10.1. The fourth-order valence-corrected chi connectivity index (χ4v) is 3.10. The molecule has 0 N–H and O–H groups in total. The highest BCUT2D eigenvalue weighted by Crippen LogP contribution is 2.25. The fourth-order valence-electron chi connectivity index (χ4n) is 2.83. The van der Waals surface area contributed by atoms with Gasteiger partial charge >= 0.3 is 5.97 Å². The lowest BCUT2D eigenvalue weighted by Gasteiger charge is -2.10. The lowest BCUT2D eigenvalue weighted by Crippen LogP contribution is -2.09. The first-order chi connectivity index (χ1) is 14.7. The van der Waals surface area contributed by atoms with Crippen molar-refractivity contribution >= 4 is 33.9 Å². The van der Waals surface area contributed by atoms with E-state index in [1.54, 1.807) is 6.08 Å². The van der Waals surface area contributed by atoms with Gasteiger partial charge in [0.1, 0.15) is 24.7 Å². The van der Waals surface area contributed by atoms with Crippen molar-refractivity contribution in [3.63, 3.8) is 0 Å². The number of aliphatic imine (C=N–C) groups is 1. The second kappa shape index (κ2) is 9.41. The molecular formula is C24H18BrNO4. The molecule has 0 aromatic heterocycles. The molecule has 0 bridgehead atoms. The Bertz CT molecular complexity index is 1090. The number of benzene rings is 3. The van der Waals surface area contributed by atoms with Gasteiger partial charge in [-0.05, 0) is 48.5 Å². The lowest BCUT2D eigenvalue weighted by molar-refractivity contribution is -0.129. The largest absolute Gasteiger partial charge is 0.490 e. The van der Waals surface area contributed by atoms with Gasteiger partial charge < -0.3 is 14.2 Å². The SMILES string of the molecule is O=C1OC(c2ccccc2)=N/C1=C\c1ccccc1OCCOc1ccc(Br)cc1. The van der Waals surface area contributed by atoms with Crippen molar-refractivity contribution in [3.05, 3.63) is 100 Å². The van der Waals surface area contributed by atoms with Gasteiger partial charge in [0.2, 0.25) is 5.90 Å². The van der Waals surface area contributed by atoms with Gasteiger partial charge in [-0.2, -0.15) is 0 Å². The van der Waals surface area contributed by atoms with Crippen LogP contribution in [0.25, 0.3) is 6.08 Å². The Morgan fingerprint density at radius 1 is 0.867 bits per heavy atom. The molecule has 0 saturated carbocycles. The van der Waals surface area contributed by atoms with Crippen LogP contribution in [-0.2, 0) is 9.53 Å². The van der Waals surface area contributed by atoms with Crippen LogP contribution in [0.4, 0.5) is 0 Å². The third-order valence-electron chi connectivity index (χ3n) is 4.28. The molecule has 0 unspecified atom stereocenters. The Kier molecular flexibility index (Phi) is 6.25. The average Bonchev–Trinajstić information content (AvgIpc) is 3.14. The number of carbonyl (C=O) groups is 1. The van der Waals surface area contributed by atoms with Gasteiger partial charge in [-0.3, -0.25) is 0 Å². The Balaban J connectivity index is 1.43. The van der Waals surface area contributed by atoms with E-state index in [0.29, 0.717) is 24.9 Å². The summed E-state index contributed by atoms with van der Waals surface area (Å²) < 4.78 is 17.8. The second-order valence-corrected chi connectivity index (χ2v) is 7.31. The summed E-state index contributed by atoms with van der Waals surface area (Å²) in [5.74, 6) is 1.23. The molecule has 0 aliphatic carbocycles. The summed E-state index contributed by atoms with van der Waals surface area (Å²) in [4.78, 5) is 16.6. The Morgan fingerprint density at radius 2 is 1.57 bits per heavy atom. The zero-order valence-corrected chi connectivity index (χ0v) is 17.5. The van der Waals surface area contributed by atoms with Gasteiger partial charge in [0.25, 0.3) is 0 Å². The number of hydrogen-bond donors (Lipinski definition) is 0. The van der Waals surface area contributed by atoms with Gasteiger partial charge in [-0.1, -0.05) is 52.3 Å². The minimum absolute atomic E-state index is 0.232. The standard InChI is InChI=1S/C24H18BrNO4/c25-19-10-12-20(13-11-19)28-14-15-29-22-9-5-4-8-18(22)16-21-24(27)30-23(26-21)17-6-2-1-3-7-17/h1-13,16H,14-15H2/b21-16-. The van der Waals surface area contributed by atoms with E-state index in [-0.39, 0.29) is 5.70 Å². The van der Waals surface area contributed by atoms with Crippen molar-refractivity contribution in [1.29, 1.82) is 0 Å². The molecule has 5 nitrogen and oxygen atoms in total. The summed E-state index contributed by atoms with van der Waals surface area (Å²) in [6.07, 6.45) is 1.67. The summed E-state index contributed by atoms with van der Waals surface area (Å²) in [7, 11) is 0. The van der Waals surface area contributed by atoms with Crippen LogP contribution in [-0.4, -0.2) is 25.1 Å². The molecule has 30 heavy (non-hydrogen) atoms. The number of ether oxygens (including phenoxy) is 3. The third kappa shape index (κ3) is 4.96. The van der Waals surface area contributed by atoms with E-state index in [9.17, 15) is 4.79 Å². The van der Waals surface area contributed by atoms with Crippen molar-refractivity contribution in [2.45, 2.75) is 0 Å². The van der Waals surface area contributed by atoms with Crippen LogP contribution in [0.1, 0.15) is 11.1 Å². The zero-order valence-electron chi connectivity index (χ0n) is 16.0. The normalized spacial score (nSPS) is 14.4. The molecule has 1 aliphatic rings. The van der Waals surface area contributed by atoms with Crippen molar-refractivity contribution in [2.24, 2.45) is 4.99 Å². The molecule has 0 radical (unpaired) electrons. The van der Waals surface area contributed by atoms with E-state index in [2.05, 4.69) is 20.9 Å². The number of rotatable bonds is 7. The summed E-state index contributed by atoms with van der Waals surface area (Å²) in [6, 6.07) is 24.4. The maximum Gasteiger partial charge on any atom is 0.363 e. The van der Waals surface area contributed by atoms with Crippen molar-refractivity contribution in [3.8, 4) is 11.5 Å². The van der Waals surface area contributed by atoms with E-state index in [4.69, 9.17) is 14.2 Å². The van der Waals surface area contributed by atoms with Crippen LogP contribution in [0, 0.1) is 0 Å². The number of esters is 1. The first-order valence-electron chi connectivity index (χ1n) is 9.37. The molecule has 1 aliphatic heterocycles. The first-order valence-corrected chi connectivity index (χ1v) is 10.2. The number of cyclic esters (lactones) is 1. The fraction of sp³-hybridized carbons (Fsp3) is 0.0833. The number of nitrogens with zero attached hydrogens (tertiary/aromatic N) is 1. The summed E-state index contributed by atoms with van der Waals surface area (Å²) >= 11 is 3.39. The van der Waals surface area contributed by atoms with Gasteiger partial charge in [0, 0.05) is 15.6 Å². The molecule has 0 amide bonds. The molecule has 0 saturated heterocycles. The Labute approximate surface area is 182 Å². The highest BCUT2D eigenvalue weighted by atomic mass is 79.9. The van der Waals surface area contributed by atoms with Gasteiger partial charge in [0.15, 0.2) is 5.70 Å². The van der Waals surface area contributed by atoms with Crippen LogP contribution in [0.15, 0.2) is 94.0 Å². The minimum atomic E-state index is -0.484. The average molecular weight is 464 g/mol. The topological polar surface area (TPSA) is 57.1 Å². The van der Waals surface area contributed by atoms with Gasteiger partial charge in [0.05, 0.1) is 0 Å². The molecule has 150 valence electrons. The Hall–Kier alpha value is -3.38. The van der Waals surface area contributed by atoms with E-state index < -0.39 is 5.97 Å². The van der Waals surface area contributed by atoms with Crippen LogP contribution in [0.5, 0.6) is 11.5 Å². The molecule has 4 rings (SSSR count). The smallest absolute Gasteiger partial charge is 0.363 e. The van der Waals surface area contributed by atoms with Crippen LogP contribution >= 0.6 is 15.9 Å². The van der Waals surface area contributed by atoms with E-state index in [1.165, 1.54) is 0 Å². The first kappa shape index (κ1) is 19.9. The molecule has 0 atom stereocenters. The minimum Gasteiger partial charge on any atom is -0.490 e. The maximum absolute atomic E-state index is 12.2. The summed E-state index contributed by atoms with van der Waals surface area (Å²) in [5, 5.41) is 0. The van der Waals surface area contributed by atoms with Gasteiger partial charge in [-0.15, -0.1) is 0 Å². The second-order valence-electron chi connectivity index (χ2n) is 6.39. The molecule has 0 spiro atoms. The maximum atomic E-state index is 12.2. The number of hydrogen-bond acceptors (Lipinski definition) is 5.